The van der Waals surface area contributed by atoms with Gasteiger partial charge in [0.25, 0.3) is 0 Å². The zero-order valence-electron chi connectivity index (χ0n) is 52.8. The molecule has 434 valence electrons. The minimum Gasteiger partial charge on any atom is -0.310 e. The van der Waals surface area contributed by atoms with Crippen LogP contribution in [0.1, 0.15) is 79.0 Å². The van der Waals surface area contributed by atoms with E-state index in [0.717, 1.165) is 16.8 Å². The van der Waals surface area contributed by atoms with Crippen molar-refractivity contribution in [3.05, 3.63) is 284 Å². The Kier molecular flexibility index (Phi) is 13.0. The molecule has 2 aliphatic heterocycles. The van der Waals surface area contributed by atoms with Crippen LogP contribution in [-0.2, 0) is 16.2 Å². The van der Waals surface area contributed by atoms with E-state index in [2.05, 4.69) is 339 Å². The van der Waals surface area contributed by atoms with Gasteiger partial charge < -0.3 is 9.47 Å². The third kappa shape index (κ3) is 9.16. The number of hydrogen-bond donors (Lipinski definition) is 0. The molecular formula is C86H71BN2S. The Morgan fingerprint density at radius 3 is 1.27 bits per heavy atom. The maximum atomic E-state index is 2.71. The number of nitrogens with zero attached hydrogens (tertiary/aromatic N) is 2. The van der Waals surface area contributed by atoms with Crippen molar-refractivity contribution in [1.29, 1.82) is 0 Å². The Hall–Kier alpha value is -9.61. The van der Waals surface area contributed by atoms with Crippen molar-refractivity contribution < 1.29 is 0 Å². The maximum absolute atomic E-state index is 2.71. The first-order valence-corrected chi connectivity index (χ1v) is 32.7. The van der Waals surface area contributed by atoms with Crippen molar-refractivity contribution >= 4 is 95.3 Å². The molecule has 2 aliphatic rings. The number of hydrogen-bond acceptors (Lipinski definition) is 2. The first kappa shape index (κ1) is 55.7. The summed E-state index contributed by atoms with van der Waals surface area (Å²) in [4.78, 5) is 5.30. The Balaban J connectivity index is 1.01. The van der Waals surface area contributed by atoms with Gasteiger partial charge in [0.05, 0.1) is 16.7 Å². The molecule has 0 N–H and O–H groups in total. The van der Waals surface area contributed by atoms with Gasteiger partial charge in [0.1, 0.15) is 0 Å². The monoisotopic (exact) mass is 1170 g/mol. The first-order valence-electron chi connectivity index (χ1n) is 31.9. The summed E-state index contributed by atoms with van der Waals surface area (Å²) in [6.07, 6.45) is 0. The fourth-order valence-corrected chi connectivity index (χ4v) is 15.9. The summed E-state index contributed by atoms with van der Waals surface area (Å²) < 4.78 is 2.53. The third-order valence-electron chi connectivity index (χ3n) is 19.3. The van der Waals surface area contributed by atoms with Crippen molar-refractivity contribution in [2.75, 3.05) is 4.90 Å². The van der Waals surface area contributed by atoms with Crippen LogP contribution in [0.4, 0.5) is 17.1 Å². The summed E-state index contributed by atoms with van der Waals surface area (Å²) in [6, 6.07) is 102. The molecule has 1 aromatic heterocycles. The van der Waals surface area contributed by atoms with E-state index in [1.807, 2.05) is 11.8 Å². The van der Waals surface area contributed by atoms with E-state index in [9.17, 15) is 0 Å². The van der Waals surface area contributed by atoms with Crippen molar-refractivity contribution in [1.82, 2.24) is 4.57 Å². The minimum atomic E-state index is -0.182. The summed E-state index contributed by atoms with van der Waals surface area (Å²) in [5.41, 5.74) is 26.9. The molecule has 0 radical (unpaired) electrons. The molecule has 0 amide bonds. The molecule has 0 fully saturated rings. The van der Waals surface area contributed by atoms with E-state index in [4.69, 9.17) is 0 Å². The lowest BCUT2D eigenvalue weighted by Gasteiger charge is -2.43. The minimum absolute atomic E-state index is 0.00388. The van der Waals surface area contributed by atoms with Gasteiger partial charge in [0.15, 0.2) is 0 Å². The second-order valence-electron chi connectivity index (χ2n) is 28.0. The number of anilines is 3. The average molecular weight is 1180 g/mol. The van der Waals surface area contributed by atoms with Crippen molar-refractivity contribution in [2.24, 2.45) is 0 Å². The second-order valence-corrected chi connectivity index (χ2v) is 29.1. The standard InChI is InChI=1S/C86H71BN2S/c1-84(2,3)60-39-44-74-70(49-60)71-50-61(85(4,5)6)40-45-75(71)88(74)63-41-43-73-78(53-63)90-79-52-62(86(7,8)9)51-77-82(79)87(73)72-42-38-58(81-66-36-24-22-34-64(66)80(57-32-20-13-21-33-57)65-35-23-25-37-67(65)81)48-76(72)89(77)83-68(55-28-16-11-17-29-55)46-59(54-26-14-10-15-27-54)47-69(83)56-30-18-12-19-31-56/h10-53H,1-9H3. The van der Waals surface area contributed by atoms with Gasteiger partial charge in [-0.05, 0) is 177 Å². The highest BCUT2D eigenvalue weighted by Crippen LogP contribution is 2.53. The van der Waals surface area contributed by atoms with Crippen LogP contribution in [0.5, 0.6) is 0 Å². The number of fused-ring (bicyclic) bond motifs is 9. The molecule has 14 aromatic rings. The lowest BCUT2D eigenvalue weighted by molar-refractivity contribution is 0.589. The molecule has 4 heteroatoms. The van der Waals surface area contributed by atoms with Crippen LogP contribution in [0, 0.1) is 0 Å². The largest absolute Gasteiger partial charge is 0.310 e. The molecule has 0 aliphatic carbocycles. The molecular weight excluding hydrogens is 1100 g/mol. The molecule has 16 rings (SSSR count). The summed E-state index contributed by atoms with van der Waals surface area (Å²) in [5.74, 6) is 0. The smallest absolute Gasteiger partial charge is 0.249 e. The van der Waals surface area contributed by atoms with Crippen LogP contribution in [0.2, 0.25) is 0 Å². The van der Waals surface area contributed by atoms with E-state index >= 15 is 0 Å². The number of aromatic nitrogens is 1. The normalized spacial score (nSPS) is 13.1. The molecule has 13 aromatic carbocycles. The molecule has 2 nitrogen and oxygen atoms in total. The Bertz CT molecular complexity index is 5010. The van der Waals surface area contributed by atoms with Gasteiger partial charge in [-0.3, -0.25) is 0 Å². The van der Waals surface area contributed by atoms with E-state index in [1.165, 1.54) is 148 Å². The van der Waals surface area contributed by atoms with Crippen molar-refractivity contribution in [3.8, 4) is 61.3 Å². The summed E-state index contributed by atoms with van der Waals surface area (Å²) in [5, 5.41) is 7.55. The molecule has 0 saturated carbocycles. The summed E-state index contributed by atoms with van der Waals surface area (Å²) in [7, 11) is 0. The quantitative estimate of drug-likeness (QED) is 0.116. The van der Waals surface area contributed by atoms with Crippen molar-refractivity contribution in [3.63, 3.8) is 0 Å². The van der Waals surface area contributed by atoms with Gasteiger partial charge in [-0.1, -0.05) is 280 Å². The average Bonchev–Trinajstić information content (AvgIpc) is 0.730. The van der Waals surface area contributed by atoms with Gasteiger partial charge in [-0.2, -0.15) is 0 Å². The van der Waals surface area contributed by atoms with Gasteiger partial charge in [0.2, 0.25) is 6.71 Å². The molecule has 0 spiro atoms. The molecule has 3 heterocycles. The molecule has 0 saturated heterocycles. The zero-order valence-corrected chi connectivity index (χ0v) is 53.6. The lowest BCUT2D eigenvalue weighted by atomic mass is 9.34. The zero-order chi connectivity index (χ0) is 61.4. The molecule has 0 bridgehead atoms. The first-order chi connectivity index (χ1) is 43.5. The van der Waals surface area contributed by atoms with Crippen molar-refractivity contribution in [2.45, 2.75) is 88.3 Å². The van der Waals surface area contributed by atoms with Gasteiger partial charge in [-0.25, -0.2) is 0 Å². The fourth-order valence-electron chi connectivity index (χ4n) is 14.6. The predicted molar refractivity (Wildman–Crippen MR) is 389 cm³/mol. The fraction of sp³-hybridized carbons (Fsp3) is 0.140. The lowest BCUT2D eigenvalue weighted by Crippen LogP contribution is -2.60. The van der Waals surface area contributed by atoms with Crippen LogP contribution in [0.3, 0.4) is 0 Å². The summed E-state index contributed by atoms with van der Waals surface area (Å²) >= 11 is 1.95. The third-order valence-corrected chi connectivity index (χ3v) is 20.4. The van der Waals surface area contributed by atoms with E-state index < -0.39 is 0 Å². The molecule has 0 unspecified atom stereocenters. The van der Waals surface area contributed by atoms with Crippen LogP contribution >= 0.6 is 11.8 Å². The Morgan fingerprint density at radius 1 is 0.311 bits per heavy atom. The predicted octanol–water partition coefficient (Wildman–Crippen LogP) is 22.1. The van der Waals surface area contributed by atoms with Crippen LogP contribution in [0.15, 0.2) is 277 Å². The molecule has 90 heavy (non-hydrogen) atoms. The molecule has 0 atom stereocenters. The topological polar surface area (TPSA) is 8.17 Å². The maximum Gasteiger partial charge on any atom is 0.249 e. The van der Waals surface area contributed by atoms with Crippen LogP contribution in [-0.4, -0.2) is 11.3 Å². The number of benzene rings is 13. The van der Waals surface area contributed by atoms with Crippen LogP contribution in [0.25, 0.3) is 105 Å². The highest BCUT2D eigenvalue weighted by Gasteiger charge is 2.43. The van der Waals surface area contributed by atoms with Gasteiger partial charge in [-0.15, -0.1) is 0 Å². The Labute approximate surface area is 534 Å². The van der Waals surface area contributed by atoms with E-state index in [1.54, 1.807) is 0 Å². The summed E-state index contributed by atoms with van der Waals surface area (Å²) in [6.45, 7) is 21.0. The van der Waals surface area contributed by atoms with Gasteiger partial charge in [0, 0.05) is 48.8 Å². The van der Waals surface area contributed by atoms with Crippen LogP contribution < -0.4 is 21.3 Å². The SMILES string of the molecule is CC(C)(C)c1cc2c3c(c1)N(c1c(-c4ccccc4)cc(-c4ccccc4)cc1-c1ccccc1)c1cc(-c4c5ccccc5c(-c5ccccc5)c5ccccc45)ccc1B3c1ccc(-n3c4ccc(C(C)(C)C)cc4c4cc(C(C)(C)C)ccc43)cc1S2. The highest BCUT2D eigenvalue weighted by atomic mass is 32.2. The van der Waals surface area contributed by atoms with E-state index in [-0.39, 0.29) is 23.0 Å². The number of rotatable bonds is 7. The van der Waals surface area contributed by atoms with Gasteiger partial charge >= 0.3 is 0 Å². The van der Waals surface area contributed by atoms with E-state index in [0.29, 0.717) is 0 Å². The second kappa shape index (κ2) is 21.0. The highest BCUT2D eigenvalue weighted by molar-refractivity contribution is 8.00. The Morgan fingerprint density at radius 2 is 0.767 bits per heavy atom.